The number of nitrogens with zero attached hydrogens (tertiary/aromatic N) is 1. The lowest BCUT2D eigenvalue weighted by Gasteiger charge is -2.31. The first-order chi connectivity index (χ1) is 13.3. The third-order valence-corrected chi connectivity index (χ3v) is 5.74. The molecule has 2 heteroatoms. The normalized spacial score (nSPS) is 20.0. The van der Waals surface area contributed by atoms with E-state index < -0.39 is 0 Å². The molecule has 1 aliphatic heterocycles. The Kier molecular flexibility index (Phi) is 5.55. The Balaban J connectivity index is 1.56. The molecule has 0 unspecified atom stereocenters. The SMILES string of the molecule is Oc1ccccc1CN1[C@H](Cc2ccccc2)CC[C@H]1Cc1ccccc1. The summed E-state index contributed by atoms with van der Waals surface area (Å²) in [7, 11) is 0. The second-order valence-corrected chi connectivity index (χ2v) is 7.57. The molecule has 1 aliphatic rings. The van der Waals surface area contributed by atoms with Crippen LogP contribution in [0.5, 0.6) is 5.75 Å². The van der Waals surface area contributed by atoms with E-state index in [0.29, 0.717) is 17.8 Å². The van der Waals surface area contributed by atoms with Gasteiger partial charge in [0.2, 0.25) is 0 Å². The lowest BCUT2D eigenvalue weighted by molar-refractivity contribution is 0.179. The van der Waals surface area contributed by atoms with Gasteiger partial charge in [-0.2, -0.15) is 0 Å². The summed E-state index contributed by atoms with van der Waals surface area (Å²) in [5.41, 5.74) is 3.81. The van der Waals surface area contributed by atoms with Crippen molar-refractivity contribution in [1.29, 1.82) is 0 Å². The Morgan fingerprint density at radius 3 is 1.67 bits per heavy atom. The molecule has 0 aromatic heterocycles. The third-order valence-electron chi connectivity index (χ3n) is 5.74. The van der Waals surface area contributed by atoms with E-state index in [2.05, 4.69) is 65.6 Å². The maximum Gasteiger partial charge on any atom is 0.120 e. The number of phenolic OH excluding ortho intramolecular Hbond substituents is 1. The highest BCUT2D eigenvalue weighted by Gasteiger charge is 2.33. The van der Waals surface area contributed by atoms with Crippen molar-refractivity contribution in [3.63, 3.8) is 0 Å². The lowest BCUT2D eigenvalue weighted by Crippen LogP contribution is -2.38. The van der Waals surface area contributed by atoms with Crippen LogP contribution in [0, 0.1) is 0 Å². The fourth-order valence-electron chi connectivity index (χ4n) is 4.32. The monoisotopic (exact) mass is 357 g/mol. The van der Waals surface area contributed by atoms with Gasteiger partial charge >= 0.3 is 0 Å². The molecular weight excluding hydrogens is 330 g/mol. The molecule has 1 heterocycles. The summed E-state index contributed by atoms with van der Waals surface area (Å²) in [5.74, 6) is 0.404. The smallest absolute Gasteiger partial charge is 0.120 e. The average Bonchev–Trinajstić information content (AvgIpc) is 3.06. The van der Waals surface area contributed by atoms with Crippen molar-refractivity contribution in [3.05, 3.63) is 102 Å². The Labute approximate surface area is 162 Å². The van der Waals surface area contributed by atoms with Crippen LogP contribution >= 0.6 is 0 Å². The van der Waals surface area contributed by atoms with E-state index >= 15 is 0 Å². The van der Waals surface area contributed by atoms with Gasteiger partial charge in [-0.25, -0.2) is 0 Å². The first-order valence-corrected chi connectivity index (χ1v) is 9.90. The summed E-state index contributed by atoms with van der Waals surface area (Å²) in [4.78, 5) is 2.62. The fraction of sp³-hybridized carbons (Fsp3) is 0.280. The minimum absolute atomic E-state index is 0.404. The quantitative estimate of drug-likeness (QED) is 0.654. The van der Waals surface area contributed by atoms with Gasteiger partial charge in [-0.3, -0.25) is 4.90 Å². The van der Waals surface area contributed by atoms with Crippen molar-refractivity contribution < 1.29 is 5.11 Å². The highest BCUT2D eigenvalue weighted by molar-refractivity contribution is 5.32. The van der Waals surface area contributed by atoms with Crippen LogP contribution in [0.3, 0.4) is 0 Å². The molecule has 2 nitrogen and oxygen atoms in total. The number of hydrogen-bond donors (Lipinski definition) is 1. The molecule has 1 saturated heterocycles. The molecule has 0 spiro atoms. The van der Waals surface area contributed by atoms with Crippen molar-refractivity contribution in [2.75, 3.05) is 0 Å². The van der Waals surface area contributed by atoms with E-state index in [9.17, 15) is 5.11 Å². The number of rotatable bonds is 6. The van der Waals surface area contributed by atoms with Crippen molar-refractivity contribution >= 4 is 0 Å². The van der Waals surface area contributed by atoms with Gasteiger partial charge in [0.1, 0.15) is 5.75 Å². The van der Waals surface area contributed by atoms with Crippen LogP contribution in [0.2, 0.25) is 0 Å². The molecule has 0 amide bonds. The van der Waals surface area contributed by atoms with E-state index in [-0.39, 0.29) is 0 Å². The maximum atomic E-state index is 10.3. The predicted molar refractivity (Wildman–Crippen MR) is 111 cm³/mol. The zero-order valence-electron chi connectivity index (χ0n) is 15.7. The van der Waals surface area contributed by atoms with Crippen LogP contribution in [-0.2, 0) is 19.4 Å². The predicted octanol–water partition coefficient (Wildman–Crippen LogP) is 5.21. The van der Waals surface area contributed by atoms with Crippen molar-refractivity contribution in [1.82, 2.24) is 4.90 Å². The summed E-state index contributed by atoms with van der Waals surface area (Å²) in [6.07, 6.45) is 4.55. The highest BCUT2D eigenvalue weighted by Crippen LogP contribution is 2.32. The number of phenols is 1. The Hall–Kier alpha value is -2.58. The van der Waals surface area contributed by atoms with Gasteiger partial charge in [0.25, 0.3) is 0 Å². The summed E-state index contributed by atoms with van der Waals surface area (Å²) >= 11 is 0. The molecule has 0 saturated carbocycles. The number of aromatic hydroxyl groups is 1. The minimum atomic E-state index is 0.404. The van der Waals surface area contributed by atoms with E-state index in [1.165, 1.54) is 24.0 Å². The molecule has 138 valence electrons. The third kappa shape index (κ3) is 4.40. The van der Waals surface area contributed by atoms with Crippen LogP contribution in [0.25, 0.3) is 0 Å². The van der Waals surface area contributed by atoms with Crippen molar-refractivity contribution in [2.45, 2.75) is 44.3 Å². The fourth-order valence-corrected chi connectivity index (χ4v) is 4.32. The van der Waals surface area contributed by atoms with Gasteiger partial charge in [0, 0.05) is 24.2 Å². The van der Waals surface area contributed by atoms with Crippen molar-refractivity contribution in [3.8, 4) is 5.75 Å². The zero-order valence-corrected chi connectivity index (χ0v) is 15.7. The molecule has 4 rings (SSSR count). The van der Waals surface area contributed by atoms with Crippen LogP contribution in [0.15, 0.2) is 84.9 Å². The van der Waals surface area contributed by atoms with E-state index in [4.69, 9.17) is 0 Å². The van der Waals surface area contributed by atoms with Gasteiger partial charge in [0.05, 0.1) is 0 Å². The molecule has 1 N–H and O–H groups in total. The summed E-state index contributed by atoms with van der Waals surface area (Å²) < 4.78 is 0. The maximum absolute atomic E-state index is 10.3. The van der Waals surface area contributed by atoms with Crippen LogP contribution < -0.4 is 0 Å². The number of likely N-dealkylation sites (tertiary alicyclic amines) is 1. The van der Waals surface area contributed by atoms with Gasteiger partial charge in [0.15, 0.2) is 0 Å². The molecule has 3 aromatic carbocycles. The van der Waals surface area contributed by atoms with E-state index in [1.807, 2.05) is 18.2 Å². The van der Waals surface area contributed by atoms with E-state index in [1.54, 1.807) is 6.07 Å². The zero-order chi connectivity index (χ0) is 18.5. The average molecular weight is 357 g/mol. The summed E-state index contributed by atoms with van der Waals surface area (Å²) in [6, 6.07) is 30.3. The van der Waals surface area contributed by atoms with Crippen LogP contribution in [0.4, 0.5) is 0 Å². The largest absolute Gasteiger partial charge is 0.508 e. The molecule has 3 aromatic rings. The molecule has 0 radical (unpaired) electrons. The van der Waals surface area contributed by atoms with E-state index in [0.717, 1.165) is 24.9 Å². The summed E-state index contributed by atoms with van der Waals surface area (Å²) in [5, 5.41) is 10.3. The minimum Gasteiger partial charge on any atom is -0.508 e. The Bertz CT molecular complexity index is 797. The molecule has 27 heavy (non-hydrogen) atoms. The topological polar surface area (TPSA) is 23.5 Å². The van der Waals surface area contributed by atoms with Crippen LogP contribution in [-0.4, -0.2) is 22.1 Å². The van der Waals surface area contributed by atoms with Gasteiger partial charge < -0.3 is 5.11 Å². The van der Waals surface area contributed by atoms with Gasteiger partial charge in [-0.05, 0) is 42.9 Å². The molecule has 2 atom stereocenters. The molecule has 0 aliphatic carbocycles. The number of benzene rings is 3. The lowest BCUT2D eigenvalue weighted by atomic mass is 10.0. The Morgan fingerprint density at radius 1 is 0.667 bits per heavy atom. The Morgan fingerprint density at radius 2 is 1.15 bits per heavy atom. The standard InChI is InChI=1S/C25H27NO/c27-25-14-8-7-13-22(25)19-26-23(17-20-9-3-1-4-10-20)15-16-24(26)18-21-11-5-2-6-12-21/h1-14,23-24,27H,15-19H2/t23-,24-/m0/s1. The molecule has 1 fully saturated rings. The summed E-state index contributed by atoms with van der Waals surface area (Å²) in [6.45, 7) is 0.807. The number of hydrogen-bond acceptors (Lipinski definition) is 2. The first-order valence-electron chi connectivity index (χ1n) is 9.90. The van der Waals surface area contributed by atoms with Crippen LogP contribution in [0.1, 0.15) is 29.5 Å². The molecular formula is C25H27NO. The van der Waals surface area contributed by atoms with Gasteiger partial charge in [-0.1, -0.05) is 78.9 Å². The first kappa shape index (κ1) is 17.8. The number of para-hydroxylation sites is 1. The van der Waals surface area contributed by atoms with Crippen molar-refractivity contribution in [2.24, 2.45) is 0 Å². The second-order valence-electron chi connectivity index (χ2n) is 7.57. The molecule has 0 bridgehead atoms. The second kappa shape index (κ2) is 8.41. The highest BCUT2D eigenvalue weighted by atomic mass is 16.3. The van der Waals surface area contributed by atoms with Gasteiger partial charge in [-0.15, -0.1) is 0 Å².